The van der Waals surface area contributed by atoms with E-state index in [-0.39, 0.29) is 0 Å². The van der Waals surface area contributed by atoms with Crippen LogP contribution >= 0.6 is 11.6 Å². The van der Waals surface area contributed by atoms with Gasteiger partial charge >= 0.3 is 0 Å². The third kappa shape index (κ3) is 2.06. The fourth-order valence-electron chi connectivity index (χ4n) is 2.31. The first-order valence-electron chi connectivity index (χ1n) is 6.32. The summed E-state index contributed by atoms with van der Waals surface area (Å²) in [6, 6.07) is 0. The maximum Gasteiger partial charge on any atom is 0.159 e. The molecule has 0 aliphatic heterocycles. The van der Waals surface area contributed by atoms with Crippen molar-refractivity contribution < 1.29 is 0 Å². The molecule has 0 aliphatic carbocycles. The molecule has 0 amide bonds. The Morgan fingerprint density at radius 1 is 1.20 bits per heavy atom. The van der Waals surface area contributed by atoms with Crippen LogP contribution in [0.1, 0.15) is 22.9 Å². The Balaban J connectivity index is 2.11. The summed E-state index contributed by atoms with van der Waals surface area (Å²) in [5.41, 5.74) is 4.53. The van der Waals surface area contributed by atoms with Gasteiger partial charge in [0, 0.05) is 13.2 Å². The first-order valence-corrected chi connectivity index (χ1v) is 6.85. The van der Waals surface area contributed by atoms with Crippen LogP contribution in [-0.4, -0.2) is 29.3 Å². The highest BCUT2D eigenvalue weighted by Gasteiger charge is 2.17. The average Bonchev–Trinajstić information content (AvgIpc) is 2.92. The molecule has 0 saturated heterocycles. The Hall–Kier alpha value is -1.95. The zero-order chi connectivity index (χ0) is 14.3. The standard InChI is InChI=1S/C13H15ClN6/c1-8-5-16-10(6-15-8)7-20-11(4-14)17-12-9(2)18-19(3)13(12)20/h5-6H,4,7H2,1-3H3. The highest BCUT2D eigenvalue weighted by Crippen LogP contribution is 2.21. The Morgan fingerprint density at radius 3 is 2.65 bits per heavy atom. The van der Waals surface area contributed by atoms with Crippen molar-refractivity contribution in [2.24, 2.45) is 7.05 Å². The summed E-state index contributed by atoms with van der Waals surface area (Å²) in [5, 5.41) is 4.40. The first kappa shape index (κ1) is 13.1. The van der Waals surface area contributed by atoms with Gasteiger partial charge in [0.2, 0.25) is 0 Å². The van der Waals surface area contributed by atoms with E-state index >= 15 is 0 Å². The zero-order valence-electron chi connectivity index (χ0n) is 11.6. The van der Waals surface area contributed by atoms with Gasteiger partial charge in [-0.15, -0.1) is 11.6 Å². The Labute approximate surface area is 121 Å². The second-order valence-corrected chi connectivity index (χ2v) is 5.05. The summed E-state index contributed by atoms with van der Waals surface area (Å²) >= 11 is 6.01. The Kier molecular flexibility index (Phi) is 3.17. The SMILES string of the molecule is Cc1cnc(Cn2c(CCl)nc3c(C)nn(C)c32)cn1. The van der Waals surface area contributed by atoms with Crippen molar-refractivity contribution >= 4 is 22.8 Å². The molecule has 0 radical (unpaired) electrons. The molecule has 0 fully saturated rings. The molecule has 0 saturated carbocycles. The minimum atomic E-state index is 0.355. The lowest BCUT2D eigenvalue weighted by molar-refractivity contribution is 0.691. The van der Waals surface area contributed by atoms with E-state index in [1.807, 2.05) is 30.1 Å². The van der Waals surface area contributed by atoms with Crippen molar-refractivity contribution in [3.63, 3.8) is 0 Å². The smallest absolute Gasteiger partial charge is 0.159 e. The summed E-state index contributed by atoms with van der Waals surface area (Å²) in [4.78, 5) is 13.2. The molecule has 20 heavy (non-hydrogen) atoms. The lowest BCUT2D eigenvalue weighted by atomic mass is 10.4. The third-order valence-corrected chi connectivity index (χ3v) is 3.48. The molecule has 3 aromatic rings. The summed E-state index contributed by atoms with van der Waals surface area (Å²) in [5.74, 6) is 1.17. The molecule has 0 bridgehead atoms. The van der Waals surface area contributed by atoms with E-state index in [1.54, 1.807) is 12.4 Å². The number of aryl methyl sites for hydroxylation is 3. The van der Waals surface area contributed by atoms with E-state index in [1.165, 1.54) is 0 Å². The van der Waals surface area contributed by atoms with Gasteiger partial charge in [0.25, 0.3) is 0 Å². The van der Waals surface area contributed by atoms with Gasteiger partial charge in [-0.1, -0.05) is 0 Å². The monoisotopic (exact) mass is 290 g/mol. The van der Waals surface area contributed by atoms with Gasteiger partial charge in [-0.2, -0.15) is 5.10 Å². The number of hydrogen-bond acceptors (Lipinski definition) is 4. The van der Waals surface area contributed by atoms with E-state index in [9.17, 15) is 0 Å². The largest absolute Gasteiger partial charge is 0.306 e. The van der Waals surface area contributed by atoms with Crippen molar-refractivity contribution in [1.29, 1.82) is 0 Å². The second-order valence-electron chi connectivity index (χ2n) is 4.78. The van der Waals surface area contributed by atoms with Crippen molar-refractivity contribution in [1.82, 2.24) is 29.3 Å². The van der Waals surface area contributed by atoms with Crippen molar-refractivity contribution in [3.8, 4) is 0 Å². The van der Waals surface area contributed by atoms with Crippen LogP contribution in [0.5, 0.6) is 0 Å². The van der Waals surface area contributed by atoms with E-state index in [0.29, 0.717) is 12.4 Å². The minimum Gasteiger partial charge on any atom is -0.306 e. The number of nitrogens with zero attached hydrogens (tertiary/aromatic N) is 6. The molecular formula is C13H15ClN6. The van der Waals surface area contributed by atoms with Gasteiger partial charge in [0.1, 0.15) is 11.3 Å². The topological polar surface area (TPSA) is 61.4 Å². The van der Waals surface area contributed by atoms with Crippen molar-refractivity contribution in [2.45, 2.75) is 26.3 Å². The maximum atomic E-state index is 6.01. The Bertz CT molecular complexity index is 755. The van der Waals surface area contributed by atoms with Crippen molar-refractivity contribution in [3.05, 3.63) is 35.3 Å². The highest BCUT2D eigenvalue weighted by atomic mass is 35.5. The molecule has 6 nitrogen and oxygen atoms in total. The van der Waals surface area contributed by atoms with Crippen LogP contribution in [-0.2, 0) is 19.5 Å². The normalized spacial score (nSPS) is 11.4. The van der Waals surface area contributed by atoms with Crippen molar-refractivity contribution in [2.75, 3.05) is 0 Å². The van der Waals surface area contributed by atoms with Gasteiger partial charge in [0.15, 0.2) is 5.65 Å². The van der Waals surface area contributed by atoms with Crippen LogP contribution in [0, 0.1) is 13.8 Å². The van der Waals surface area contributed by atoms with Gasteiger partial charge < -0.3 is 4.57 Å². The number of alkyl halides is 1. The fraction of sp³-hybridized carbons (Fsp3) is 0.385. The summed E-state index contributed by atoms with van der Waals surface area (Å²) in [6.07, 6.45) is 3.54. The molecule has 0 aromatic carbocycles. The number of fused-ring (bicyclic) bond motifs is 1. The number of hydrogen-bond donors (Lipinski definition) is 0. The molecule has 3 rings (SSSR count). The third-order valence-electron chi connectivity index (χ3n) is 3.24. The van der Waals surface area contributed by atoms with Gasteiger partial charge in [-0.05, 0) is 13.8 Å². The van der Waals surface area contributed by atoms with Crippen LogP contribution in [0.3, 0.4) is 0 Å². The fourth-order valence-corrected chi connectivity index (χ4v) is 2.52. The molecule has 0 atom stereocenters. The second kappa shape index (κ2) is 4.86. The lowest BCUT2D eigenvalue weighted by Gasteiger charge is -2.07. The molecule has 0 spiro atoms. The molecule has 0 N–H and O–H groups in total. The molecule has 3 aromatic heterocycles. The molecular weight excluding hydrogens is 276 g/mol. The number of rotatable bonds is 3. The van der Waals surface area contributed by atoms with Crippen LogP contribution < -0.4 is 0 Å². The van der Waals surface area contributed by atoms with Gasteiger partial charge in [-0.25, -0.2) is 4.98 Å². The summed E-state index contributed by atoms with van der Waals surface area (Å²) in [6.45, 7) is 4.45. The predicted octanol–water partition coefficient (Wildman–Crippen LogP) is 1.96. The lowest BCUT2D eigenvalue weighted by Crippen LogP contribution is -2.09. The number of aromatic nitrogens is 6. The summed E-state index contributed by atoms with van der Waals surface area (Å²) < 4.78 is 3.87. The zero-order valence-corrected chi connectivity index (χ0v) is 12.4. The number of halogens is 1. The van der Waals surface area contributed by atoms with E-state index in [2.05, 4.69) is 20.1 Å². The molecule has 0 aliphatic rings. The van der Waals surface area contributed by atoms with Gasteiger partial charge in [-0.3, -0.25) is 14.6 Å². The maximum absolute atomic E-state index is 6.01. The average molecular weight is 291 g/mol. The van der Waals surface area contributed by atoms with E-state index in [4.69, 9.17) is 11.6 Å². The van der Waals surface area contributed by atoms with Crippen LogP contribution in [0.2, 0.25) is 0 Å². The van der Waals surface area contributed by atoms with E-state index < -0.39 is 0 Å². The molecule has 104 valence electrons. The van der Waals surface area contributed by atoms with Crippen LogP contribution in [0.4, 0.5) is 0 Å². The van der Waals surface area contributed by atoms with Crippen LogP contribution in [0.25, 0.3) is 11.2 Å². The van der Waals surface area contributed by atoms with E-state index in [0.717, 1.165) is 34.1 Å². The molecule has 3 heterocycles. The predicted molar refractivity (Wildman–Crippen MR) is 76.7 cm³/mol. The highest BCUT2D eigenvalue weighted by molar-refractivity contribution is 6.16. The quantitative estimate of drug-likeness (QED) is 0.692. The van der Waals surface area contributed by atoms with Gasteiger partial charge in [0.05, 0.1) is 35.7 Å². The summed E-state index contributed by atoms with van der Waals surface area (Å²) in [7, 11) is 1.91. The number of imidazole rings is 1. The molecule has 0 unspecified atom stereocenters. The van der Waals surface area contributed by atoms with Crippen LogP contribution in [0.15, 0.2) is 12.4 Å². The minimum absolute atomic E-state index is 0.355. The first-order chi connectivity index (χ1) is 9.60. The molecule has 7 heteroatoms. The Morgan fingerprint density at radius 2 is 2.00 bits per heavy atom.